The predicted molar refractivity (Wildman–Crippen MR) is 53.1 cm³/mol. The van der Waals surface area contributed by atoms with Crippen LogP contribution in [-0.2, 0) is 0 Å². The highest BCUT2D eigenvalue weighted by Gasteiger charge is 2.11. The minimum absolute atomic E-state index is 0.338. The molecule has 1 heterocycles. The van der Waals surface area contributed by atoms with Gasteiger partial charge in [-0.3, -0.25) is 10.2 Å². The SMILES string of the molecule is NNC(=O)c1sc(I)cc1N. The Labute approximate surface area is 81.1 Å². The van der Waals surface area contributed by atoms with Gasteiger partial charge in [0, 0.05) is 0 Å². The van der Waals surface area contributed by atoms with Crippen LogP contribution in [0.15, 0.2) is 6.07 Å². The van der Waals surface area contributed by atoms with E-state index in [9.17, 15) is 4.79 Å². The van der Waals surface area contributed by atoms with Gasteiger partial charge in [0.2, 0.25) is 0 Å². The monoisotopic (exact) mass is 283 g/mol. The number of carbonyl (C=O) groups is 1. The molecule has 0 spiro atoms. The molecule has 0 fully saturated rings. The van der Waals surface area contributed by atoms with Gasteiger partial charge in [0.25, 0.3) is 5.91 Å². The smallest absolute Gasteiger partial charge is 0.277 e. The summed E-state index contributed by atoms with van der Waals surface area (Å²) in [6, 6.07) is 1.73. The zero-order valence-electron chi connectivity index (χ0n) is 5.43. The molecule has 60 valence electrons. The lowest BCUT2D eigenvalue weighted by Gasteiger charge is -1.94. The lowest BCUT2D eigenvalue weighted by atomic mass is 10.4. The zero-order chi connectivity index (χ0) is 8.43. The number of hydrogen-bond acceptors (Lipinski definition) is 4. The summed E-state index contributed by atoms with van der Waals surface area (Å²) in [5, 5.41) is 0. The van der Waals surface area contributed by atoms with E-state index in [1.807, 2.05) is 5.43 Å². The summed E-state index contributed by atoms with van der Waals surface area (Å²) < 4.78 is 0.971. The molecule has 0 aromatic carbocycles. The Morgan fingerprint density at radius 2 is 2.36 bits per heavy atom. The van der Waals surface area contributed by atoms with Crippen LogP contribution in [0, 0.1) is 2.88 Å². The standard InChI is InChI=1S/C5H6IN3OS/c6-3-1-2(7)4(11-3)5(10)9-8/h1H,7-8H2,(H,9,10). The Morgan fingerprint density at radius 1 is 1.73 bits per heavy atom. The Morgan fingerprint density at radius 3 is 2.73 bits per heavy atom. The summed E-state index contributed by atoms with van der Waals surface area (Å²) in [5.41, 5.74) is 8.01. The molecule has 5 N–H and O–H groups in total. The number of halogens is 1. The number of hydrazine groups is 1. The zero-order valence-corrected chi connectivity index (χ0v) is 8.40. The minimum atomic E-state index is -0.338. The van der Waals surface area contributed by atoms with E-state index >= 15 is 0 Å². The van der Waals surface area contributed by atoms with Crippen molar-refractivity contribution in [1.82, 2.24) is 5.43 Å². The third-order valence-corrected chi connectivity index (χ3v) is 2.98. The Kier molecular flexibility index (Phi) is 2.68. The normalized spacial score (nSPS) is 9.64. The molecule has 0 aliphatic rings. The highest BCUT2D eigenvalue weighted by atomic mass is 127. The first-order chi connectivity index (χ1) is 5.15. The summed E-state index contributed by atoms with van der Waals surface area (Å²) in [6.45, 7) is 0. The Balaban J connectivity index is 3.03. The van der Waals surface area contributed by atoms with Crippen molar-refractivity contribution in [2.75, 3.05) is 5.73 Å². The fourth-order valence-electron chi connectivity index (χ4n) is 0.617. The third kappa shape index (κ3) is 1.82. The van der Waals surface area contributed by atoms with Crippen LogP contribution in [0.1, 0.15) is 9.67 Å². The molecule has 0 saturated carbocycles. The number of carbonyl (C=O) groups excluding carboxylic acids is 1. The van der Waals surface area contributed by atoms with Gasteiger partial charge in [-0.15, -0.1) is 11.3 Å². The Bertz CT molecular complexity index is 285. The number of anilines is 1. The predicted octanol–water partition coefficient (Wildman–Crippen LogP) is 0.538. The van der Waals surface area contributed by atoms with Crippen molar-refractivity contribution in [2.24, 2.45) is 5.84 Å². The van der Waals surface area contributed by atoms with Crippen LogP contribution in [-0.4, -0.2) is 5.91 Å². The van der Waals surface area contributed by atoms with Gasteiger partial charge in [0.15, 0.2) is 0 Å². The van der Waals surface area contributed by atoms with Crippen molar-refractivity contribution in [2.45, 2.75) is 0 Å². The first-order valence-electron chi connectivity index (χ1n) is 2.71. The molecule has 1 amide bonds. The molecule has 0 aliphatic heterocycles. The summed E-state index contributed by atoms with van der Waals surface area (Å²) in [7, 11) is 0. The van der Waals surface area contributed by atoms with Crippen molar-refractivity contribution in [3.63, 3.8) is 0 Å². The number of nitrogen functional groups attached to an aromatic ring is 2. The van der Waals surface area contributed by atoms with E-state index in [1.165, 1.54) is 11.3 Å². The first-order valence-corrected chi connectivity index (χ1v) is 4.60. The largest absolute Gasteiger partial charge is 0.397 e. The number of nitrogens with two attached hydrogens (primary N) is 2. The summed E-state index contributed by atoms with van der Waals surface area (Å²) in [4.78, 5) is 11.4. The maximum atomic E-state index is 10.9. The van der Waals surface area contributed by atoms with Crippen LogP contribution in [0.3, 0.4) is 0 Å². The van der Waals surface area contributed by atoms with Gasteiger partial charge in [0.1, 0.15) is 4.88 Å². The van der Waals surface area contributed by atoms with E-state index in [2.05, 4.69) is 22.6 Å². The number of thiophene rings is 1. The van der Waals surface area contributed by atoms with Crippen LogP contribution in [0.2, 0.25) is 0 Å². The van der Waals surface area contributed by atoms with E-state index < -0.39 is 0 Å². The molecule has 0 aliphatic carbocycles. The van der Waals surface area contributed by atoms with Crippen molar-refractivity contribution >= 4 is 45.5 Å². The van der Waals surface area contributed by atoms with Crippen LogP contribution in [0.4, 0.5) is 5.69 Å². The molecule has 0 atom stereocenters. The molecule has 0 saturated heterocycles. The Hall–Kier alpha value is -0.340. The average molecular weight is 283 g/mol. The minimum Gasteiger partial charge on any atom is -0.397 e. The summed E-state index contributed by atoms with van der Waals surface area (Å²) in [5.74, 6) is 4.59. The fourth-order valence-corrected chi connectivity index (χ4v) is 2.32. The van der Waals surface area contributed by atoms with Crippen molar-refractivity contribution in [3.8, 4) is 0 Å². The molecule has 0 radical (unpaired) electrons. The molecular formula is C5H6IN3OS. The van der Waals surface area contributed by atoms with Gasteiger partial charge in [0.05, 0.1) is 8.57 Å². The van der Waals surface area contributed by atoms with Gasteiger partial charge in [-0.2, -0.15) is 0 Å². The highest BCUT2D eigenvalue weighted by molar-refractivity contribution is 14.1. The van der Waals surface area contributed by atoms with Crippen LogP contribution in [0.5, 0.6) is 0 Å². The molecule has 6 heteroatoms. The van der Waals surface area contributed by atoms with Crippen molar-refractivity contribution in [1.29, 1.82) is 0 Å². The van der Waals surface area contributed by atoms with Crippen LogP contribution >= 0.6 is 33.9 Å². The van der Waals surface area contributed by atoms with Gasteiger partial charge >= 0.3 is 0 Å². The van der Waals surface area contributed by atoms with Gasteiger partial charge in [-0.25, -0.2) is 5.84 Å². The van der Waals surface area contributed by atoms with Crippen molar-refractivity contribution < 1.29 is 4.79 Å². The second-order valence-corrected chi connectivity index (χ2v) is 4.75. The fraction of sp³-hybridized carbons (Fsp3) is 0. The van der Waals surface area contributed by atoms with Gasteiger partial charge in [-0.1, -0.05) is 0 Å². The molecule has 1 aromatic rings. The first kappa shape index (κ1) is 8.75. The quantitative estimate of drug-likeness (QED) is 0.304. The van der Waals surface area contributed by atoms with E-state index in [-0.39, 0.29) is 5.91 Å². The van der Waals surface area contributed by atoms with Crippen molar-refractivity contribution in [3.05, 3.63) is 13.8 Å². The third-order valence-electron chi connectivity index (χ3n) is 1.07. The second kappa shape index (κ2) is 3.37. The summed E-state index contributed by atoms with van der Waals surface area (Å²) in [6.07, 6.45) is 0. The average Bonchev–Trinajstić information content (AvgIpc) is 2.28. The van der Waals surface area contributed by atoms with Gasteiger partial charge in [-0.05, 0) is 28.7 Å². The molecule has 1 aromatic heterocycles. The lowest BCUT2D eigenvalue weighted by molar-refractivity contribution is 0.0958. The molecule has 11 heavy (non-hydrogen) atoms. The van der Waals surface area contributed by atoms with E-state index in [0.717, 1.165) is 2.88 Å². The molecule has 4 nitrogen and oxygen atoms in total. The van der Waals surface area contributed by atoms with Crippen LogP contribution in [0.25, 0.3) is 0 Å². The summed E-state index contributed by atoms with van der Waals surface area (Å²) >= 11 is 3.41. The number of amides is 1. The number of hydrogen-bond donors (Lipinski definition) is 3. The number of rotatable bonds is 1. The molecule has 0 unspecified atom stereocenters. The highest BCUT2D eigenvalue weighted by Crippen LogP contribution is 2.25. The van der Waals surface area contributed by atoms with E-state index in [0.29, 0.717) is 10.6 Å². The van der Waals surface area contributed by atoms with Gasteiger partial charge < -0.3 is 5.73 Å². The topological polar surface area (TPSA) is 81.1 Å². The maximum Gasteiger partial charge on any atom is 0.277 e. The van der Waals surface area contributed by atoms with E-state index in [4.69, 9.17) is 11.6 Å². The molecule has 1 rings (SSSR count). The second-order valence-electron chi connectivity index (χ2n) is 1.81. The van der Waals surface area contributed by atoms with E-state index in [1.54, 1.807) is 6.07 Å². The number of nitrogens with one attached hydrogen (secondary N) is 1. The molecule has 0 bridgehead atoms. The lowest BCUT2D eigenvalue weighted by Crippen LogP contribution is -2.29. The maximum absolute atomic E-state index is 10.9. The molecular weight excluding hydrogens is 277 g/mol. The van der Waals surface area contributed by atoms with Crippen LogP contribution < -0.4 is 17.0 Å².